The smallest absolute Gasteiger partial charge is 0.338 e. The van der Waals surface area contributed by atoms with Crippen LogP contribution in [-0.2, 0) is 19.1 Å². The number of benzene rings is 2. The van der Waals surface area contributed by atoms with Crippen molar-refractivity contribution in [3.8, 4) is 22.6 Å². The second-order valence-electron chi connectivity index (χ2n) is 6.14. The highest BCUT2D eigenvalue weighted by Crippen LogP contribution is 2.27. The van der Waals surface area contributed by atoms with Gasteiger partial charge >= 0.3 is 17.9 Å². The lowest BCUT2D eigenvalue weighted by Crippen LogP contribution is -2.14. The lowest BCUT2D eigenvalue weighted by atomic mass is 10.1. The highest BCUT2D eigenvalue weighted by atomic mass is 19.1. The molecule has 0 aromatic heterocycles. The SMILES string of the molecule is C=C(C)C(=O)Oc1ccc(-c2ccc(OC(=O)CCOC(=O)CC)c(F)c2)cc1. The Bertz CT molecular complexity index is 917. The molecule has 0 unspecified atom stereocenters. The largest absolute Gasteiger partial charge is 0.465 e. The molecule has 0 saturated heterocycles. The van der Waals surface area contributed by atoms with E-state index in [4.69, 9.17) is 14.2 Å². The molecule has 6 nitrogen and oxygen atoms in total. The molecule has 29 heavy (non-hydrogen) atoms. The Hall–Kier alpha value is -3.48. The summed E-state index contributed by atoms with van der Waals surface area (Å²) in [7, 11) is 0. The molecule has 0 bridgehead atoms. The Morgan fingerprint density at radius 3 is 2.21 bits per heavy atom. The third-order valence-electron chi connectivity index (χ3n) is 3.76. The van der Waals surface area contributed by atoms with Crippen LogP contribution in [0.2, 0.25) is 0 Å². The van der Waals surface area contributed by atoms with Crippen LogP contribution in [0.5, 0.6) is 11.5 Å². The van der Waals surface area contributed by atoms with Crippen molar-refractivity contribution in [3.63, 3.8) is 0 Å². The maximum atomic E-state index is 14.3. The van der Waals surface area contributed by atoms with Gasteiger partial charge in [-0.2, -0.15) is 0 Å². The summed E-state index contributed by atoms with van der Waals surface area (Å²) in [5.41, 5.74) is 1.52. The zero-order valence-electron chi connectivity index (χ0n) is 16.2. The number of halogens is 1. The molecular weight excluding hydrogens is 379 g/mol. The van der Waals surface area contributed by atoms with E-state index in [-0.39, 0.29) is 30.8 Å². The number of ether oxygens (including phenoxy) is 3. The van der Waals surface area contributed by atoms with E-state index in [9.17, 15) is 18.8 Å². The number of esters is 3. The average Bonchev–Trinajstić information content (AvgIpc) is 2.69. The number of hydrogen-bond acceptors (Lipinski definition) is 6. The first-order valence-electron chi connectivity index (χ1n) is 8.94. The molecular formula is C22H21FO6. The number of rotatable bonds is 8. The monoisotopic (exact) mass is 400 g/mol. The van der Waals surface area contributed by atoms with Crippen LogP contribution >= 0.6 is 0 Å². The maximum Gasteiger partial charge on any atom is 0.338 e. The van der Waals surface area contributed by atoms with Gasteiger partial charge in [0.25, 0.3) is 0 Å². The molecule has 2 aromatic rings. The van der Waals surface area contributed by atoms with Gasteiger partial charge in [0.15, 0.2) is 11.6 Å². The van der Waals surface area contributed by atoms with E-state index in [0.29, 0.717) is 16.9 Å². The first kappa shape index (κ1) is 21.8. The van der Waals surface area contributed by atoms with E-state index in [1.807, 2.05) is 0 Å². The molecule has 0 heterocycles. The lowest BCUT2D eigenvalue weighted by Gasteiger charge is -2.09. The minimum atomic E-state index is -0.709. The Morgan fingerprint density at radius 1 is 0.966 bits per heavy atom. The summed E-state index contributed by atoms with van der Waals surface area (Å²) in [6.45, 7) is 6.58. The zero-order chi connectivity index (χ0) is 21.4. The van der Waals surface area contributed by atoms with Crippen molar-refractivity contribution in [1.29, 1.82) is 0 Å². The van der Waals surface area contributed by atoms with Gasteiger partial charge in [-0.05, 0) is 42.3 Å². The van der Waals surface area contributed by atoms with Gasteiger partial charge in [-0.15, -0.1) is 0 Å². The molecule has 0 fully saturated rings. The standard InChI is InChI=1S/C22H21FO6/c1-4-20(24)27-12-11-21(25)29-19-10-7-16(13-18(19)23)15-5-8-17(9-6-15)28-22(26)14(2)3/h5-10,13H,2,4,11-12H2,1,3H3. The molecule has 152 valence electrons. The van der Waals surface area contributed by atoms with Crippen LogP contribution in [-0.4, -0.2) is 24.5 Å². The first-order valence-corrected chi connectivity index (χ1v) is 8.94. The van der Waals surface area contributed by atoms with Gasteiger partial charge in [0.1, 0.15) is 12.4 Å². The minimum Gasteiger partial charge on any atom is -0.465 e. The molecule has 0 saturated carbocycles. The van der Waals surface area contributed by atoms with E-state index in [1.165, 1.54) is 12.1 Å². The summed E-state index contributed by atoms with van der Waals surface area (Å²) < 4.78 is 29.2. The van der Waals surface area contributed by atoms with Crippen LogP contribution < -0.4 is 9.47 Å². The van der Waals surface area contributed by atoms with Crippen LogP contribution in [0.15, 0.2) is 54.6 Å². The zero-order valence-corrected chi connectivity index (χ0v) is 16.2. The van der Waals surface area contributed by atoms with Crippen LogP contribution in [0.4, 0.5) is 4.39 Å². The van der Waals surface area contributed by atoms with Crippen LogP contribution in [0.25, 0.3) is 11.1 Å². The van der Waals surface area contributed by atoms with Crippen molar-refractivity contribution in [3.05, 3.63) is 60.4 Å². The van der Waals surface area contributed by atoms with Gasteiger partial charge in [0.2, 0.25) is 0 Å². The summed E-state index contributed by atoms with van der Waals surface area (Å²) in [6.07, 6.45) is 0.0414. The molecule has 0 atom stereocenters. The fourth-order valence-corrected chi connectivity index (χ4v) is 2.20. The van der Waals surface area contributed by atoms with E-state index in [2.05, 4.69) is 6.58 Å². The second-order valence-corrected chi connectivity index (χ2v) is 6.14. The van der Waals surface area contributed by atoms with Crippen molar-refractivity contribution in [2.24, 2.45) is 0 Å². The van der Waals surface area contributed by atoms with Crippen LogP contribution in [0.3, 0.4) is 0 Å². The van der Waals surface area contributed by atoms with Gasteiger partial charge in [-0.25, -0.2) is 9.18 Å². The van der Waals surface area contributed by atoms with Gasteiger partial charge < -0.3 is 14.2 Å². The van der Waals surface area contributed by atoms with Crippen molar-refractivity contribution in [2.75, 3.05) is 6.61 Å². The van der Waals surface area contributed by atoms with Crippen molar-refractivity contribution < 1.29 is 33.0 Å². The van der Waals surface area contributed by atoms with E-state index in [1.54, 1.807) is 44.2 Å². The number of carbonyl (C=O) groups is 3. The van der Waals surface area contributed by atoms with Crippen molar-refractivity contribution in [1.82, 2.24) is 0 Å². The second kappa shape index (κ2) is 10.2. The lowest BCUT2D eigenvalue weighted by molar-refractivity contribution is -0.145. The summed E-state index contributed by atoms with van der Waals surface area (Å²) in [5, 5.41) is 0. The van der Waals surface area contributed by atoms with Crippen molar-refractivity contribution >= 4 is 17.9 Å². The molecule has 2 rings (SSSR count). The molecule has 0 radical (unpaired) electrons. The third kappa shape index (κ3) is 6.57. The Morgan fingerprint density at radius 2 is 1.62 bits per heavy atom. The van der Waals surface area contributed by atoms with E-state index >= 15 is 0 Å². The minimum absolute atomic E-state index is 0.118. The van der Waals surface area contributed by atoms with Gasteiger partial charge in [-0.3, -0.25) is 9.59 Å². The molecule has 0 aliphatic rings. The Kier molecular flexibility index (Phi) is 7.65. The van der Waals surface area contributed by atoms with Gasteiger partial charge in [-0.1, -0.05) is 31.7 Å². The Labute approximate surface area is 167 Å². The molecule has 0 aliphatic heterocycles. The summed E-state index contributed by atoms with van der Waals surface area (Å²) >= 11 is 0. The first-order chi connectivity index (χ1) is 13.8. The number of hydrogen-bond donors (Lipinski definition) is 0. The predicted octanol–water partition coefficient (Wildman–Crippen LogP) is 4.22. The number of carbonyl (C=O) groups excluding carboxylic acids is 3. The summed E-state index contributed by atoms with van der Waals surface area (Å²) in [4.78, 5) is 34.3. The molecule has 7 heteroatoms. The predicted molar refractivity (Wildman–Crippen MR) is 104 cm³/mol. The quantitative estimate of drug-likeness (QED) is 0.375. The molecule has 2 aromatic carbocycles. The fourth-order valence-electron chi connectivity index (χ4n) is 2.20. The normalized spacial score (nSPS) is 10.2. The molecule has 0 N–H and O–H groups in total. The van der Waals surface area contributed by atoms with Gasteiger partial charge in [0.05, 0.1) is 6.42 Å². The van der Waals surface area contributed by atoms with Gasteiger partial charge in [0, 0.05) is 12.0 Å². The highest BCUT2D eigenvalue weighted by molar-refractivity contribution is 5.88. The third-order valence-corrected chi connectivity index (χ3v) is 3.76. The van der Waals surface area contributed by atoms with Crippen molar-refractivity contribution in [2.45, 2.75) is 26.7 Å². The molecule has 0 aliphatic carbocycles. The highest BCUT2D eigenvalue weighted by Gasteiger charge is 2.12. The maximum absolute atomic E-state index is 14.3. The fraction of sp³-hybridized carbons (Fsp3) is 0.227. The van der Waals surface area contributed by atoms with Crippen LogP contribution in [0.1, 0.15) is 26.7 Å². The van der Waals surface area contributed by atoms with E-state index < -0.39 is 23.7 Å². The average molecular weight is 400 g/mol. The molecule has 0 amide bonds. The Balaban J connectivity index is 2.00. The molecule has 0 spiro atoms. The summed E-state index contributed by atoms with van der Waals surface area (Å²) in [6, 6.07) is 10.7. The van der Waals surface area contributed by atoms with Crippen LogP contribution in [0, 0.1) is 5.82 Å². The topological polar surface area (TPSA) is 78.9 Å². The summed E-state index contributed by atoms with van der Waals surface area (Å²) in [5.74, 6) is -2.24. The van der Waals surface area contributed by atoms with E-state index in [0.717, 1.165) is 0 Å².